The summed E-state index contributed by atoms with van der Waals surface area (Å²) in [6.07, 6.45) is 3.48. The first-order valence-corrected chi connectivity index (χ1v) is 8.95. The van der Waals surface area contributed by atoms with Gasteiger partial charge in [-0.15, -0.1) is 0 Å². The van der Waals surface area contributed by atoms with Gasteiger partial charge in [0, 0.05) is 30.6 Å². The first-order valence-electron chi connectivity index (χ1n) is 8.57. The lowest BCUT2D eigenvalue weighted by atomic mass is 10.1. The lowest BCUT2D eigenvalue weighted by Crippen LogP contribution is -2.37. The molecule has 2 unspecified atom stereocenters. The Balaban J connectivity index is 1.34. The number of hydrogen-bond acceptors (Lipinski definition) is 3. The molecule has 0 aromatic heterocycles. The van der Waals surface area contributed by atoms with Crippen molar-refractivity contribution in [2.24, 2.45) is 5.92 Å². The van der Waals surface area contributed by atoms with Crippen LogP contribution in [0.3, 0.4) is 0 Å². The van der Waals surface area contributed by atoms with Gasteiger partial charge >= 0.3 is 0 Å². The number of benzene rings is 1. The van der Waals surface area contributed by atoms with Gasteiger partial charge in [0.1, 0.15) is 0 Å². The number of aliphatic hydroxyl groups is 1. The van der Waals surface area contributed by atoms with Gasteiger partial charge in [0.25, 0.3) is 0 Å². The highest BCUT2D eigenvalue weighted by molar-refractivity contribution is 6.31. The van der Waals surface area contributed by atoms with Gasteiger partial charge in [0.2, 0.25) is 5.91 Å². The van der Waals surface area contributed by atoms with E-state index in [1.807, 2.05) is 24.3 Å². The van der Waals surface area contributed by atoms with Crippen molar-refractivity contribution in [1.29, 1.82) is 0 Å². The zero-order chi connectivity index (χ0) is 16.2. The van der Waals surface area contributed by atoms with E-state index < -0.39 is 0 Å². The van der Waals surface area contributed by atoms with E-state index in [4.69, 9.17) is 11.6 Å². The number of piperidine rings is 1. The molecule has 2 atom stereocenters. The maximum Gasteiger partial charge on any atom is 0.223 e. The molecule has 23 heavy (non-hydrogen) atoms. The van der Waals surface area contributed by atoms with E-state index in [9.17, 15) is 9.90 Å². The second-order valence-electron chi connectivity index (χ2n) is 6.69. The van der Waals surface area contributed by atoms with Crippen molar-refractivity contribution in [2.75, 3.05) is 26.2 Å². The fourth-order valence-electron chi connectivity index (χ4n) is 3.39. The molecule has 2 aliphatic rings. The van der Waals surface area contributed by atoms with Crippen molar-refractivity contribution >= 4 is 17.5 Å². The van der Waals surface area contributed by atoms with E-state index >= 15 is 0 Å². The van der Waals surface area contributed by atoms with Crippen LogP contribution in [-0.4, -0.2) is 48.2 Å². The van der Waals surface area contributed by atoms with E-state index in [1.54, 1.807) is 0 Å². The molecule has 1 aliphatic carbocycles. The molecule has 126 valence electrons. The largest absolute Gasteiger partial charge is 0.393 e. The molecule has 2 fully saturated rings. The molecule has 5 heteroatoms. The van der Waals surface area contributed by atoms with Crippen LogP contribution in [0.25, 0.3) is 0 Å². The lowest BCUT2D eigenvalue weighted by Gasteiger charge is -2.29. The number of amides is 1. The molecule has 1 aliphatic heterocycles. The minimum absolute atomic E-state index is 0.0834. The molecule has 0 spiro atoms. The zero-order valence-electron chi connectivity index (χ0n) is 13.4. The van der Waals surface area contributed by atoms with Crippen molar-refractivity contribution < 1.29 is 9.90 Å². The van der Waals surface area contributed by atoms with Gasteiger partial charge in [-0.1, -0.05) is 29.8 Å². The monoisotopic (exact) mass is 336 g/mol. The SMILES string of the molecule is O=C(NCCCN1CCC(O)CC1)C1CC1c1ccccc1Cl. The second-order valence-corrected chi connectivity index (χ2v) is 7.09. The molecule has 1 saturated heterocycles. The predicted molar refractivity (Wildman–Crippen MR) is 91.6 cm³/mol. The summed E-state index contributed by atoms with van der Waals surface area (Å²) in [4.78, 5) is 14.6. The van der Waals surface area contributed by atoms with Crippen LogP contribution < -0.4 is 5.32 Å². The quantitative estimate of drug-likeness (QED) is 0.784. The van der Waals surface area contributed by atoms with Crippen molar-refractivity contribution in [2.45, 2.75) is 37.7 Å². The molecule has 2 N–H and O–H groups in total. The topological polar surface area (TPSA) is 52.6 Å². The molecule has 1 amide bonds. The fraction of sp³-hybridized carbons (Fsp3) is 0.611. The van der Waals surface area contributed by atoms with Crippen LogP contribution in [0.4, 0.5) is 0 Å². The summed E-state index contributed by atoms with van der Waals surface area (Å²) in [6, 6.07) is 7.80. The number of carbonyl (C=O) groups excluding carboxylic acids is 1. The summed E-state index contributed by atoms with van der Waals surface area (Å²) < 4.78 is 0. The molecule has 4 nitrogen and oxygen atoms in total. The highest BCUT2D eigenvalue weighted by atomic mass is 35.5. The maximum atomic E-state index is 12.2. The molecule has 0 radical (unpaired) electrons. The number of nitrogens with one attached hydrogen (secondary N) is 1. The molecule has 3 rings (SSSR count). The molecule has 1 heterocycles. The van der Waals surface area contributed by atoms with Gasteiger partial charge in [-0.3, -0.25) is 4.79 Å². The van der Waals surface area contributed by atoms with E-state index in [-0.39, 0.29) is 23.8 Å². The van der Waals surface area contributed by atoms with E-state index in [0.717, 1.165) is 62.4 Å². The summed E-state index contributed by atoms with van der Waals surface area (Å²) in [7, 11) is 0. The minimum atomic E-state index is -0.123. The molecule has 0 bridgehead atoms. The predicted octanol–water partition coefficient (Wildman–Crippen LogP) is 2.41. The Bertz CT molecular complexity index is 544. The first-order chi connectivity index (χ1) is 11.1. The van der Waals surface area contributed by atoms with Crippen LogP contribution in [0.1, 0.15) is 37.2 Å². The van der Waals surface area contributed by atoms with Gasteiger partial charge < -0.3 is 15.3 Å². The average Bonchev–Trinajstić information content (AvgIpc) is 3.34. The van der Waals surface area contributed by atoms with Gasteiger partial charge in [-0.05, 0) is 49.8 Å². The van der Waals surface area contributed by atoms with Crippen LogP contribution in [0.15, 0.2) is 24.3 Å². The number of aliphatic hydroxyl groups excluding tert-OH is 1. The van der Waals surface area contributed by atoms with Crippen molar-refractivity contribution in [3.63, 3.8) is 0 Å². The Kier molecular flexibility index (Phi) is 5.57. The summed E-state index contributed by atoms with van der Waals surface area (Å²) in [6.45, 7) is 3.65. The third kappa shape index (κ3) is 4.46. The van der Waals surface area contributed by atoms with Crippen molar-refractivity contribution in [3.8, 4) is 0 Å². The fourth-order valence-corrected chi connectivity index (χ4v) is 3.67. The lowest BCUT2D eigenvalue weighted by molar-refractivity contribution is -0.122. The Morgan fingerprint density at radius 2 is 2.04 bits per heavy atom. The molecule has 1 saturated carbocycles. The summed E-state index contributed by atoms with van der Waals surface area (Å²) >= 11 is 6.20. The minimum Gasteiger partial charge on any atom is -0.393 e. The van der Waals surface area contributed by atoms with Crippen LogP contribution in [0, 0.1) is 5.92 Å². The normalized spacial score (nSPS) is 25.3. The number of halogens is 1. The van der Waals surface area contributed by atoms with Crippen molar-refractivity contribution in [3.05, 3.63) is 34.9 Å². The standard InChI is InChI=1S/C18H25ClN2O2/c19-17-5-2-1-4-14(17)15-12-16(15)18(23)20-8-3-9-21-10-6-13(22)7-11-21/h1-2,4-5,13,15-16,22H,3,6-12H2,(H,20,23). The molecular formula is C18H25ClN2O2. The van der Waals surface area contributed by atoms with Crippen LogP contribution in [0.5, 0.6) is 0 Å². The Hall–Kier alpha value is -1.10. The van der Waals surface area contributed by atoms with Crippen LogP contribution in [-0.2, 0) is 4.79 Å². The number of rotatable bonds is 6. The van der Waals surface area contributed by atoms with Gasteiger partial charge in [-0.25, -0.2) is 0 Å². The molecule has 1 aromatic carbocycles. The maximum absolute atomic E-state index is 12.2. The van der Waals surface area contributed by atoms with E-state index in [0.29, 0.717) is 0 Å². The van der Waals surface area contributed by atoms with E-state index in [1.165, 1.54) is 0 Å². The summed E-state index contributed by atoms with van der Waals surface area (Å²) in [5.74, 6) is 0.524. The van der Waals surface area contributed by atoms with Gasteiger partial charge in [0.15, 0.2) is 0 Å². The Morgan fingerprint density at radius 3 is 2.78 bits per heavy atom. The number of hydrogen-bond donors (Lipinski definition) is 2. The zero-order valence-corrected chi connectivity index (χ0v) is 14.1. The van der Waals surface area contributed by atoms with Crippen LogP contribution in [0.2, 0.25) is 5.02 Å². The number of nitrogens with zero attached hydrogens (tertiary/aromatic N) is 1. The smallest absolute Gasteiger partial charge is 0.223 e. The van der Waals surface area contributed by atoms with Gasteiger partial charge in [-0.2, -0.15) is 0 Å². The van der Waals surface area contributed by atoms with Crippen LogP contribution >= 0.6 is 11.6 Å². The first kappa shape index (κ1) is 16.7. The van der Waals surface area contributed by atoms with Gasteiger partial charge in [0.05, 0.1) is 6.10 Å². The third-order valence-electron chi connectivity index (χ3n) is 4.94. The van der Waals surface area contributed by atoms with E-state index in [2.05, 4.69) is 10.2 Å². The second kappa shape index (κ2) is 7.65. The molecule has 1 aromatic rings. The molecular weight excluding hydrogens is 312 g/mol. The highest BCUT2D eigenvalue weighted by Gasteiger charge is 2.44. The van der Waals surface area contributed by atoms with Crippen molar-refractivity contribution in [1.82, 2.24) is 10.2 Å². The number of likely N-dealkylation sites (tertiary alicyclic amines) is 1. The number of carbonyl (C=O) groups is 1. The third-order valence-corrected chi connectivity index (χ3v) is 5.28. The Labute approximate surface area is 142 Å². The highest BCUT2D eigenvalue weighted by Crippen LogP contribution is 2.49. The average molecular weight is 337 g/mol. The summed E-state index contributed by atoms with van der Waals surface area (Å²) in [5.41, 5.74) is 1.10. The summed E-state index contributed by atoms with van der Waals surface area (Å²) in [5, 5.41) is 13.3. The Morgan fingerprint density at radius 1 is 1.30 bits per heavy atom.